The molecule has 0 fully saturated rings. The van der Waals surface area contributed by atoms with Gasteiger partial charge in [0.2, 0.25) is 0 Å². The first-order chi connectivity index (χ1) is 21.1. The molecule has 2 heterocycles. The van der Waals surface area contributed by atoms with Crippen LogP contribution in [0.1, 0.15) is 64.5 Å². The molecule has 0 radical (unpaired) electrons. The van der Waals surface area contributed by atoms with Gasteiger partial charge >= 0.3 is 0 Å². The number of aryl methyl sites for hydroxylation is 1. The predicted molar refractivity (Wildman–Crippen MR) is 188 cm³/mol. The predicted octanol–water partition coefficient (Wildman–Crippen LogP) is 8.36. The Bertz CT molecular complexity index is 1710. The van der Waals surface area contributed by atoms with Gasteiger partial charge in [-0.1, -0.05) is 88.9 Å². The number of nitrogens with zero attached hydrogens (tertiary/aromatic N) is 2. The third kappa shape index (κ3) is 5.71. The normalized spacial score (nSPS) is 15.6. The number of nitrogens with one attached hydrogen (secondary N) is 1. The van der Waals surface area contributed by atoms with Gasteiger partial charge in [-0.25, -0.2) is 0 Å². The molecule has 1 aliphatic heterocycles. The minimum absolute atomic E-state index is 0.170. The molecule has 0 bridgehead atoms. The summed E-state index contributed by atoms with van der Waals surface area (Å²) in [5, 5.41) is 25.1. The molecule has 5 nitrogen and oxygen atoms in total. The molecule has 4 aromatic rings. The zero-order chi connectivity index (χ0) is 31.5. The van der Waals surface area contributed by atoms with Gasteiger partial charge in [-0.15, -0.1) is 0 Å². The summed E-state index contributed by atoms with van der Waals surface area (Å²) >= 11 is 0. The van der Waals surface area contributed by atoms with Gasteiger partial charge < -0.3 is 25.0 Å². The fourth-order valence-corrected chi connectivity index (χ4v) is 6.94. The van der Waals surface area contributed by atoms with E-state index >= 15 is 0 Å². The van der Waals surface area contributed by atoms with E-state index in [0.717, 1.165) is 50.0 Å². The summed E-state index contributed by atoms with van der Waals surface area (Å²) < 4.78 is 2.31. The molecular weight excluding hydrogens is 542 g/mol. The standard InChI is InChI=1S/C39H49N3O2/c1-28(38(2,3)30-18-11-12-19-31(30)40-24-14-26-43)16-8-7-9-21-35-39(4,5)37-34(42(35)25-15-27-44)23-22-33-36(37)29-17-10-13-20-32(29)41(33)6/h8,10-13,16-23,40,43-44H,1,7,9,14-15,24-27H2,2-6H3/b16-8+,35-21+. The van der Waals surface area contributed by atoms with Gasteiger partial charge in [-0.2, -0.15) is 0 Å². The Kier molecular flexibility index (Phi) is 9.38. The van der Waals surface area contributed by atoms with Crippen LogP contribution in [0.15, 0.2) is 96.7 Å². The second-order valence-corrected chi connectivity index (χ2v) is 13.1. The average molecular weight is 592 g/mol. The Morgan fingerprint density at radius 1 is 0.932 bits per heavy atom. The maximum absolute atomic E-state index is 9.74. The van der Waals surface area contributed by atoms with Crippen molar-refractivity contribution in [2.24, 2.45) is 7.05 Å². The van der Waals surface area contributed by atoms with Gasteiger partial charge in [0.05, 0.1) is 0 Å². The van der Waals surface area contributed by atoms with E-state index in [1.54, 1.807) is 0 Å². The average Bonchev–Trinajstić information content (AvgIpc) is 3.42. The number of anilines is 2. The number of aliphatic hydroxyl groups excluding tert-OH is 2. The van der Waals surface area contributed by atoms with Crippen LogP contribution in [0, 0.1) is 0 Å². The minimum Gasteiger partial charge on any atom is -0.396 e. The number of benzene rings is 3. The van der Waals surface area contributed by atoms with Crippen LogP contribution in [0.4, 0.5) is 11.4 Å². The second kappa shape index (κ2) is 13.1. The van der Waals surface area contributed by atoms with Gasteiger partial charge in [-0.05, 0) is 66.6 Å². The highest BCUT2D eigenvalue weighted by atomic mass is 16.3. The van der Waals surface area contributed by atoms with Crippen LogP contribution >= 0.6 is 0 Å². The number of hydrogen-bond donors (Lipinski definition) is 3. The lowest BCUT2D eigenvalue weighted by atomic mass is 9.77. The Morgan fingerprint density at radius 3 is 2.43 bits per heavy atom. The van der Waals surface area contributed by atoms with Gasteiger partial charge in [0.25, 0.3) is 0 Å². The van der Waals surface area contributed by atoms with E-state index in [0.29, 0.717) is 0 Å². The SMILES string of the molecule is C=C(/C=C/CC/C=C1/N(CCCO)c2ccc3c(c2C1(C)C)c1ccccc1n3C)C(C)(C)c1ccccc1NCCCO. The van der Waals surface area contributed by atoms with Crippen molar-refractivity contribution in [1.29, 1.82) is 0 Å². The number of fused-ring (bicyclic) bond motifs is 5. The lowest BCUT2D eigenvalue weighted by molar-refractivity contribution is 0.290. The van der Waals surface area contributed by atoms with Crippen molar-refractivity contribution in [2.75, 3.05) is 36.5 Å². The third-order valence-corrected chi connectivity index (χ3v) is 9.49. The Balaban J connectivity index is 1.38. The lowest BCUT2D eigenvalue weighted by Crippen LogP contribution is -2.27. The molecule has 0 amide bonds. The molecule has 0 unspecified atom stereocenters. The molecule has 0 atom stereocenters. The first kappa shape index (κ1) is 31.6. The third-order valence-electron chi connectivity index (χ3n) is 9.49. The van der Waals surface area contributed by atoms with E-state index in [2.05, 4.69) is 129 Å². The zero-order valence-corrected chi connectivity index (χ0v) is 27.2. The molecule has 0 spiro atoms. The van der Waals surface area contributed by atoms with Gasteiger partial charge in [0.1, 0.15) is 0 Å². The van der Waals surface area contributed by atoms with E-state index in [4.69, 9.17) is 0 Å². The number of rotatable bonds is 13. The maximum Gasteiger partial charge on any atom is 0.0493 e. The molecule has 5 rings (SSSR count). The van der Waals surface area contributed by atoms with Crippen molar-refractivity contribution in [3.63, 3.8) is 0 Å². The molecule has 5 heteroatoms. The molecule has 0 aliphatic carbocycles. The largest absolute Gasteiger partial charge is 0.396 e. The Morgan fingerprint density at radius 2 is 1.66 bits per heavy atom. The highest BCUT2D eigenvalue weighted by molar-refractivity contribution is 6.12. The zero-order valence-electron chi connectivity index (χ0n) is 27.2. The van der Waals surface area contributed by atoms with Crippen molar-refractivity contribution in [2.45, 2.75) is 64.2 Å². The Labute approximate surface area is 263 Å². The number of hydrogen-bond acceptors (Lipinski definition) is 4. The Hall–Kier alpha value is -3.80. The summed E-state index contributed by atoms with van der Waals surface area (Å²) in [6.45, 7) is 15.5. The van der Waals surface area contributed by atoms with Crippen LogP contribution in [0.25, 0.3) is 21.8 Å². The van der Waals surface area contributed by atoms with Gasteiger partial charge in [0.15, 0.2) is 0 Å². The molecule has 0 saturated carbocycles. The van der Waals surface area contributed by atoms with E-state index in [1.807, 2.05) is 6.07 Å². The summed E-state index contributed by atoms with van der Waals surface area (Å²) in [4.78, 5) is 2.44. The topological polar surface area (TPSA) is 60.7 Å². The molecule has 3 aromatic carbocycles. The first-order valence-electron chi connectivity index (χ1n) is 16.0. The van der Waals surface area contributed by atoms with Gasteiger partial charge in [-0.3, -0.25) is 0 Å². The summed E-state index contributed by atoms with van der Waals surface area (Å²) in [6.07, 6.45) is 10.1. The summed E-state index contributed by atoms with van der Waals surface area (Å²) in [5.41, 5.74) is 9.43. The monoisotopic (exact) mass is 591 g/mol. The lowest BCUT2D eigenvalue weighted by Gasteiger charge is -2.29. The summed E-state index contributed by atoms with van der Waals surface area (Å²) in [7, 11) is 2.16. The number of unbranched alkanes of at least 4 members (excludes halogenated alkanes) is 1. The molecular formula is C39H49N3O2. The molecule has 3 N–H and O–H groups in total. The second-order valence-electron chi connectivity index (χ2n) is 13.1. The van der Waals surface area contributed by atoms with Crippen LogP contribution < -0.4 is 10.2 Å². The van der Waals surface area contributed by atoms with Crippen LogP contribution in [0.3, 0.4) is 0 Å². The van der Waals surface area contributed by atoms with Crippen LogP contribution in [0.5, 0.6) is 0 Å². The number of aromatic nitrogens is 1. The molecule has 0 saturated heterocycles. The number of para-hydroxylation sites is 2. The molecule has 1 aromatic heterocycles. The number of aliphatic hydroxyl groups is 2. The van der Waals surface area contributed by atoms with Gasteiger partial charge in [0, 0.05) is 83.1 Å². The van der Waals surface area contributed by atoms with E-state index in [-0.39, 0.29) is 24.0 Å². The summed E-state index contributed by atoms with van der Waals surface area (Å²) in [5.74, 6) is 0. The van der Waals surface area contributed by atoms with E-state index < -0.39 is 0 Å². The molecule has 1 aliphatic rings. The van der Waals surface area contributed by atoms with Crippen molar-refractivity contribution in [3.05, 3.63) is 108 Å². The fraction of sp³-hybridized carbons (Fsp3) is 0.385. The van der Waals surface area contributed by atoms with Crippen molar-refractivity contribution < 1.29 is 10.2 Å². The number of allylic oxidation sites excluding steroid dienone is 5. The van der Waals surface area contributed by atoms with Crippen molar-refractivity contribution >= 4 is 33.2 Å². The van der Waals surface area contributed by atoms with Crippen LogP contribution in [-0.2, 0) is 17.9 Å². The van der Waals surface area contributed by atoms with E-state index in [9.17, 15) is 10.2 Å². The first-order valence-corrected chi connectivity index (χ1v) is 16.0. The quantitative estimate of drug-likeness (QED) is 0.108. The van der Waals surface area contributed by atoms with Crippen molar-refractivity contribution in [3.8, 4) is 0 Å². The molecule has 232 valence electrons. The summed E-state index contributed by atoms with van der Waals surface area (Å²) in [6, 6.07) is 21.6. The smallest absolute Gasteiger partial charge is 0.0493 e. The van der Waals surface area contributed by atoms with Crippen molar-refractivity contribution in [1.82, 2.24) is 4.57 Å². The highest BCUT2D eigenvalue weighted by Gasteiger charge is 2.41. The van der Waals surface area contributed by atoms with Crippen LogP contribution in [0.2, 0.25) is 0 Å². The van der Waals surface area contributed by atoms with Crippen LogP contribution in [-0.4, -0.2) is 41.1 Å². The molecule has 44 heavy (non-hydrogen) atoms. The fourth-order valence-electron chi connectivity index (χ4n) is 6.94. The van der Waals surface area contributed by atoms with E-state index in [1.165, 1.54) is 44.3 Å². The maximum atomic E-state index is 9.74. The highest BCUT2D eigenvalue weighted by Crippen LogP contribution is 2.52. The minimum atomic E-state index is -0.238.